The monoisotopic (exact) mass is 714 g/mol. The van der Waals surface area contributed by atoms with Crippen molar-refractivity contribution >= 4 is 78.5 Å². The van der Waals surface area contributed by atoms with E-state index in [1.54, 1.807) is 0 Å². The van der Waals surface area contributed by atoms with Crippen LogP contribution in [0.1, 0.15) is 107 Å². The molecule has 0 spiro atoms. The summed E-state index contributed by atoms with van der Waals surface area (Å²) in [6.45, 7) is 21.7. The van der Waals surface area contributed by atoms with Crippen LogP contribution in [0.15, 0.2) is 0 Å². The van der Waals surface area contributed by atoms with E-state index in [4.69, 9.17) is 26.6 Å². The van der Waals surface area contributed by atoms with E-state index in [-0.39, 0.29) is 0 Å². The highest BCUT2D eigenvalue weighted by molar-refractivity contribution is 9.41. The maximum Gasteiger partial charge on any atom is 0.500 e. The molecule has 2 atom stereocenters. The van der Waals surface area contributed by atoms with Gasteiger partial charge in [-0.1, -0.05) is 77.0 Å². The van der Waals surface area contributed by atoms with E-state index in [0.29, 0.717) is 50.1 Å². The quantitative estimate of drug-likeness (QED) is 0.0390. The van der Waals surface area contributed by atoms with Crippen LogP contribution in [0, 0.1) is 0 Å². The standard InChI is InChI=1S/C26H58O6S6Si2/c1-9-17-27-39(28-18-10-2,29-19-11-3)23-15-25(7)33-35-37-38-36-34-26(8)16-24-40(30-20-12-4,31-21-13-5)32-22-14-6/h25-26H,9-24H2,1-8H3. The highest BCUT2D eigenvalue weighted by Crippen LogP contribution is 2.54. The third kappa shape index (κ3) is 21.9. The van der Waals surface area contributed by atoms with Gasteiger partial charge in [-0.2, -0.15) is 0 Å². The fraction of sp³-hybridized carbons (Fsp3) is 1.00. The van der Waals surface area contributed by atoms with Crippen molar-refractivity contribution in [1.82, 2.24) is 0 Å². The Labute approximate surface area is 272 Å². The van der Waals surface area contributed by atoms with Gasteiger partial charge in [0.2, 0.25) is 0 Å². The summed E-state index contributed by atoms with van der Waals surface area (Å²) in [6.07, 6.45) is 7.97. The zero-order valence-electron chi connectivity index (χ0n) is 26.4. The first kappa shape index (κ1) is 42.3. The average molecular weight is 715 g/mol. The molecule has 6 nitrogen and oxygen atoms in total. The predicted molar refractivity (Wildman–Crippen MR) is 192 cm³/mol. The molecule has 0 aromatic heterocycles. The van der Waals surface area contributed by atoms with Crippen LogP contribution in [-0.2, 0) is 26.6 Å². The fourth-order valence-electron chi connectivity index (χ4n) is 3.27. The molecule has 0 radical (unpaired) electrons. The summed E-state index contributed by atoms with van der Waals surface area (Å²) >= 11 is 0. The van der Waals surface area contributed by atoms with Crippen molar-refractivity contribution in [2.75, 3.05) is 39.6 Å². The maximum atomic E-state index is 6.25. The van der Waals surface area contributed by atoms with Crippen LogP contribution in [0.2, 0.25) is 12.1 Å². The Hall–Kier alpha value is 2.29. The third-order valence-electron chi connectivity index (χ3n) is 5.36. The lowest BCUT2D eigenvalue weighted by Gasteiger charge is -2.30. The minimum absolute atomic E-state index is 0.509. The van der Waals surface area contributed by atoms with E-state index >= 15 is 0 Å². The molecule has 14 heteroatoms. The van der Waals surface area contributed by atoms with Crippen molar-refractivity contribution in [3.63, 3.8) is 0 Å². The molecule has 40 heavy (non-hydrogen) atoms. The van der Waals surface area contributed by atoms with Crippen molar-refractivity contribution in [1.29, 1.82) is 0 Å². The maximum absolute atomic E-state index is 6.25. The Morgan fingerprint density at radius 3 is 0.900 bits per heavy atom. The first-order valence-corrected chi connectivity index (χ1v) is 26.7. The molecule has 2 unspecified atom stereocenters. The zero-order valence-corrected chi connectivity index (χ0v) is 33.3. The number of rotatable bonds is 31. The molecule has 0 saturated carbocycles. The Morgan fingerprint density at radius 1 is 0.425 bits per heavy atom. The molecule has 0 rings (SSSR count). The van der Waals surface area contributed by atoms with Gasteiger partial charge in [0, 0.05) is 62.2 Å². The zero-order chi connectivity index (χ0) is 30.0. The molecular formula is C26H58O6S6Si2. The van der Waals surface area contributed by atoms with E-state index in [1.165, 1.54) is 0 Å². The van der Waals surface area contributed by atoms with Gasteiger partial charge in [0.1, 0.15) is 0 Å². The Morgan fingerprint density at radius 2 is 0.675 bits per heavy atom. The SMILES string of the molecule is CCCO[Si](CCC(C)SSSSSSC(C)CC[Si](OCCC)(OCCC)OCCC)(OCCC)OCCC. The molecular weight excluding hydrogens is 657 g/mol. The first-order chi connectivity index (χ1) is 19.4. The van der Waals surface area contributed by atoms with Crippen molar-refractivity contribution in [3.8, 4) is 0 Å². The summed E-state index contributed by atoms with van der Waals surface area (Å²) in [5, 5.41) is 1.02. The molecule has 0 bridgehead atoms. The minimum Gasteiger partial charge on any atom is -0.373 e. The fourth-order valence-corrected chi connectivity index (χ4v) is 22.3. The van der Waals surface area contributed by atoms with E-state index in [9.17, 15) is 0 Å². The summed E-state index contributed by atoms with van der Waals surface area (Å²) in [5.74, 6) is 0. The van der Waals surface area contributed by atoms with Crippen LogP contribution in [0.4, 0.5) is 0 Å². The van der Waals surface area contributed by atoms with E-state index in [2.05, 4.69) is 55.4 Å². The summed E-state index contributed by atoms with van der Waals surface area (Å²) in [6, 6.07) is 1.77. The van der Waals surface area contributed by atoms with Gasteiger partial charge in [-0.25, -0.2) is 0 Å². The van der Waals surface area contributed by atoms with E-state index in [1.807, 2.05) is 60.9 Å². The molecule has 0 heterocycles. The normalized spacial score (nSPS) is 14.1. The van der Waals surface area contributed by atoms with Gasteiger partial charge >= 0.3 is 17.6 Å². The van der Waals surface area contributed by atoms with Gasteiger partial charge in [0.15, 0.2) is 0 Å². The van der Waals surface area contributed by atoms with Crippen LogP contribution >= 0.6 is 60.9 Å². The number of hydrogen-bond donors (Lipinski definition) is 0. The molecule has 0 aromatic rings. The van der Waals surface area contributed by atoms with Crippen LogP contribution in [-0.4, -0.2) is 67.8 Å². The van der Waals surface area contributed by atoms with Crippen molar-refractivity contribution in [3.05, 3.63) is 0 Å². The Kier molecular flexibility index (Phi) is 30.4. The highest BCUT2D eigenvalue weighted by atomic mass is 33.9. The van der Waals surface area contributed by atoms with Gasteiger partial charge in [-0.15, -0.1) is 0 Å². The van der Waals surface area contributed by atoms with Crippen LogP contribution in [0.5, 0.6) is 0 Å². The smallest absolute Gasteiger partial charge is 0.373 e. The largest absolute Gasteiger partial charge is 0.500 e. The minimum atomic E-state index is -2.60. The lowest BCUT2D eigenvalue weighted by atomic mass is 10.4. The highest BCUT2D eigenvalue weighted by Gasteiger charge is 2.42. The number of hydrogen-bond acceptors (Lipinski definition) is 12. The van der Waals surface area contributed by atoms with Crippen molar-refractivity contribution < 1.29 is 26.6 Å². The molecule has 242 valence electrons. The van der Waals surface area contributed by atoms with Gasteiger partial charge in [0.25, 0.3) is 0 Å². The summed E-state index contributed by atoms with van der Waals surface area (Å²) in [4.78, 5) is 0. The van der Waals surface area contributed by atoms with Gasteiger partial charge < -0.3 is 26.6 Å². The van der Waals surface area contributed by atoms with Crippen LogP contribution in [0.3, 0.4) is 0 Å². The van der Waals surface area contributed by atoms with Crippen molar-refractivity contribution in [2.45, 2.75) is 129 Å². The molecule has 0 aromatic carbocycles. The van der Waals surface area contributed by atoms with Crippen molar-refractivity contribution in [2.24, 2.45) is 0 Å². The van der Waals surface area contributed by atoms with Gasteiger partial charge in [-0.3, -0.25) is 0 Å². The van der Waals surface area contributed by atoms with E-state index < -0.39 is 17.6 Å². The first-order valence-electron chi connectivity index (χ1n) is 15.2. The molecule has 0 aliphatic carbocycles. The molecule has 0 amide bonds. The Balaban J connectivity index is 4.44. The second kappa shape index (κ2) is 28.7. The molecule has 0 aliphatic rings. The predicted octanol–water partition coefficient (Wildman–Crippen LogP) is 11.0. The second-order valence-electron chi connectivity index (χ2n) is 9.62. The summed E-state index contributed by atoms with van der Waals surface area (Å²) in [7, 11) is 6.07. The average Bonchev–Trinajstić information content (AvgIpc) is 2.97. The van der Waals surface area contributed by atoms with Gasteiger partial charge in [-0.05, 0) is 90.7 Å². The Bertz CT molecular complexity index is 472. The summed E-state index contributed by atoms with van der Waals surface area (Å²) in [5.41, 5.74) is 0. The third-order valence-corrected chi connectivity index (χ3v) is 22.8. The van der Waals surface area contributed by atoms with Gasteiger partial charge in [0.05, 0.1) is 0 Å². The molecule has 0 aliphatic heterocycles. The lowest BCUT2D eigenvalue weighted by Crippen LogP contribution is -2.47. The molecule has 0 fully saturated rings. The van der Waals surface area contributed by atoms with E-state index in [0.717, 1.165) is 63.5 Å². The molecule has 0 saturated heterocycles. The molecule has 0 N–H and O–H groups in total. The van der Waals surface area contributed by atoms with Crippen LogP contribution < -0.4 is 0 Å². The second-order valence-corrected chi connectivity index (χ2v) is 25.3. The van der Waals surface area contributed by atoms with Crippen LogP contribution in [0.25, 0.3) is 0 Å². The lowest BCUT2D eigenvalue weighted by molar-refractivity contribution is 0.0582. The topological polar surface area (TPSA) is 55.4 Å². The summed E-state index contributed by atoms with van der Waals surface area (Å²) < 4.78 is 37.5.